The second-order valence-corrected chi connectivity index (χ2v) is 4.67. The maximum atomic E-state index is 4.49. The molecule has 0 aliphatic heterocycles. The summed E-state index contributed by atoms with van der Waals surface area (Å²) in [6, 6.07) is 12.4. The first-order chi connectivity index (χ1) is 9.22. The quantitative estimate of drug-likeness (QED) is 0.752. The third kappa shape index (κ3) is 2.42. The zero-order chi connectivity index (χ0) is 13.2. The van der Waals surface area contributed by atoms with Crippen molar-refractivity contribution >= 4 is 16.9 Å². The Kier molecular flexibility index (Phi) is 2.91. The van der Waals surface area contributed by atoms with Crippen LogP contribution in [0.3, 0.4) is 0 Å². The molecule has 0 aliphatic carbocycles. The molecule has 0 fully saturated rings. The lowest BCUT2D eigenvalue weighted by molar-refractivity contribution is 1.04. The summed E-state index contributed by atoms with van der Waals surface area (Å²) < 4.78 is 0. The number of benzene rings is 1. The van der Waals surface area contributed by atoms with Gasteiger partial charge in [0, 0.05) is 12.2 Å². The van der Waals surface area contributed by atoms with Crippen LogP contribution in [0.5, 0.6) is 0 Å². The van der Waals surface area contributed by atoms with Crippen molar-refractivity contribution in [3.05, 3.63) is 53.5 Å². The topological polar surface area (TPSA) is 53.6 Å². The van der Waals surface area contributed by atoms with E-state index in [-0.39, 0.29) is 0 Å². The van der Waals surface area contributed by atoms with E-state index in [0.717, 1.165) is 34.9 Å². The average molecular weight is 252 g/mol. The van der Waals surface area contributed by atoms with Crippen LogP contribution in [0.1, 0.15) is 17.1 Å². The van der Waals surface area contributed by atoms with Crippen LogP contribution in [0.15, 0.2) is 36.4 Å². The van der Waals surface area contributed by atoms with E-state index < -0.39 is 0 Å². The van der Waals surface area contributed by atoms with Gasteiger partial charge in [-0.25, -0.2) is 9.97 Å². The van der Waals surface area contributed by atoms with Gasteiger partial charge < -0.3 is 10.3 Å². The van der Waals surface area contributed by atoms with Crippen LogP contribution in [0.4, 0.5) is 5.82 Å². The molecule has 3 rings (SSSR count). The van der Waals surface area contributed by atoms with E-state index in [1.54, 1.807) is 0 Å². The maximum absolute atomic E-state index is 4.49. The molecule has 0 amide bonds. The molecule has 0 spiro atoms. The molecule has 2 N–H and O–H groups in total. The Bertz CT molecular complexity index is 701. The first kappa shape index (κ1) is 11.7. The van der Waals surface area contributed by atoms with Crippen molar-refractivity contribution in [1.29, 1.82) is 0 Å². The van der Waals surface area contributed by atoms with Crippen molar-refractivity contribution in [3.8, 4) is 0 Å². The number of aromatic nitrogens is 3. The van der Waals surface area contributed by atoms with E-state index in [4.69, 9.17) is 0 Å². The highest BCUT2D eigenvalue weighted by atomic mass is 15.0. The molecule has 3 aromatic rings. The summed E-state index contributed by atoms with van der Waals surface area (Å²) >= 11 is 0. The van der Waals surface area contributed by atoms with Crippen LogP contribution in [0.25, 0.3) is 11.0 Å². The predicted molar refractivity (Wildman–Crippen MR) is 77.1 cm³/mol. The van der Waals surface area contributed by atoms with Gasteiger partial charge in [-0.3, -0.25) is 0 Å². The summed E-state index contributed by atoms with van der Waals surface area (Å²) in [7, 11) is 0. The minimum atomic E-state index is 0.761. The van der Waals surface area contributed by atoms with Crippen LogP contribution >= 0.6 is 0 Å². The first-order valence-corrected chi connectivity index (χ1v) is 6.34. The SMILES string of the molecule is Cc1nc(NCc2ccccc2)c2cc(C)[nH]c2n1. The summed E-state index contributed by atoms with van der Waals surface area (Å²) in [4.78, 5) is 12.1. The number of fused-ring (bicyclic) bond motifs is 1. The van der Waals surface area contributed by atoms with Crippen LogP contribution in [0, 0.1) is 13.8 Å². The molecule has 4 heteroatoms. The molecule has 0 bridgehead atoms. The van der Waals surface area contributed by atoms with Crippen molar-refractivity contribution < 1.29 is 0 Å². The van der Waals surface area contributed by atoms with Crippen molar-refractivity contribution in [3.63, 3.8) is 0 Å². The van der Waals surface area contributed by atoms with Gasteiger partial charge >= 0.3 is 0 Å². The number of rotatable bonds is 3. The molecule has 4 nitrogen and oxygen atoms in total. The van der Waals surface area contributed by atoms with Crippen molar-refractivity contribution in [2.45, 2.75) is 20.4 Å². The molecule has 19 heavy (non-hydrogen) atoms. The monoisotopic (exact) mass is 252 g/mol. The van der Waals surface area contributed by atoms with Crippen LogP contribution in [-0.2, 0) is 6.54 Å². The average Bonchev–Trinajstić information content (AvgIpc) is 2.77. The lowest BCUT2D eigenvalue weighted by Gasteiger charge is -2.07. The Labute approximate surface area is 111 Å². The second kappa shape index (κ2) is 4.72. The third-order valence-electron chi connectivity index (χ3n) is 3.04. The summed E-state index contributed by atoms with van der Waals surface area (Å²) in [6.07, 6.45) is 0. The Morgan fingerprint density at radius 3 is 2.68 bits per heavy atom. The summed E-state index contributed by atoms with van der Waals surface area (Å²) in [5.74, 6) is 1.65. The molecule has 0 aliphatic rings. The molecule has 0 radical (unpaired) electrons. The molecular formula is C15H16N4. The molecule has 0 saturated heterocycles. The minimum Gasteiger partial charge on any atom is -0.365 e. The molecule has 2 heterocycles. The highest BCUT2D eigenvalue weighted by Gasteiger charge is 2.07. The molecule has 0 atom stereocenters. The van der Waals surface area contributed by atoms with Gasteiger partial charge in [0.1, 0.15) is 17.3 Å². The van der Waals surface area contributed by atoms with Crippen LogP contribution in [-0.4, -0.2) is 15.0 Å². The molecule has 0 unspecified atom stereocenters. The highest BCUT2D eigenvalue weighted by molar-refractivity contribution is 5.87. The van der Waals surface area contributed by atoms with Gasteiger partial charge in [0.05, 0.1) is 5.39 Å². The minimum absolute atomic E-state index is 0.761. The lowest BCUT2D eigenvalue weighted by Crippen LogP contribution is -2.03. The van der Waals surface area contributed by atoms with Crippen LogP contribution < -0.4 is 5.32 Å². The summed E-state index contributed by atoms with van der Waals surface area (Å²) in [6.45, 7) is 4.69. The number of hydrogen-bond donors (Lipinski definition) is 2. The van der Waals surface area contributed by atoms with E-state index in [9.17, 15) is 0 Å². The number of aryl methyl sites for hydroxylation is 2. The van der Waals surface area contributed by atoms with E-state index >= 15 is 0 Å². The fourth-order valence-corrected chi connectivity index (χ4v) is 2.17. The van der Waals surface area contributed by atoms with Gasteiger partial charge in [-0.05, 0) is 25.5 Å². The standard InChI is InChI=1S/C15H16N4/c1-10-8-13-14(18-11(2)19-15(13)17-10)16-9-12-6-4-3-5-7-12/h3-8H,9H2,1-2H3,(H2,16,17,18,19). The second-order valence-electron chi connectivity index (χ2n) is 4.67. The molecular weight excluding hydrogens is 236 g/mol. The summed E-state index contributed by atoms with van der Waals surface area (Å²) in [5.41, 5.74) is 3.22. The van der Waals surface area contributed by atoms with Crippen molar-refractivity contribution in [1.82, 2.24) is 15.0 Å². The zero-order valence-electron chi connectivity index (χ0n) is 11.1. The Hall–Kier alpha value is -2.36. The van der Waals surface area contributed by atoms with Gasteiger partial charge in [0.15, 0.2) is 0 Å². The Morgan fingerprint density at radius 2 is 1.89 bits per heavy atom. The molecule has 2 aromatic heterocycles. The summed E-state index contributed by atoms with van der Waals surface area (Å²) in [5, 5.41) is 4.43. The normalized spacial score (nSPS) is 10.8. The van der Waals surface area contributed by atoms with E-state index in [2.05, 4.69) is 38.5 Å². The number of hydrogen-bond acceptors (Lipinski definition) is 3. The zero-order valence-corrected chi connectivity index (χ0v) is 11.1. The Balaban J connectivity index is 1.92. The van der Waals surface area contributed by atoms with Gasteiger partial charge in [0.25, 0.3) is 0 Å². The number of anilines is 1. The van der Waals surface area contributed by atoms with Gasteiger partial charge in [-0.15, -0.1) is 0 Å². The molecule has 1 aromatic carbocycles. The fourth-order valence-electron chi connectivity index (χ4n) is 2.17. The number of H-pyrrole nitrogens is 1. The highest BCUT2D eigenvalue weighted by Crippen LogP contribution is 2.21. The maximum Gasteiger partial charge on any atom is 0.143 e. The molecule has 96 valence electrons. The number of aromatic amines is 1. The van der Waals surface area contributed by atoms with Crippen molar-refractivity contribution in [2.75, 3.05) is 5.32 Å². The van der Waals surface area contributed by atoms with E-state index in [0.29, 0.717) is 0 Å². The Morgan fingerprint density at radius 1 is 1.11 bits per heavy atom. The van der Waals surface area contributed by atoms with Crippen molar-refractivity contribution in [2.24, 2.45) is 0 Å². The van der Waals surface area contributed by atoms with Crippen LogP contribution in [0.2, 0.25) is 0 Å². The molecule has 0 saturated carbocycles. The van der Waals surface area contributed by atoms with E-state index in [1.165, 1.54) is 5.56 Å². The fraction of sp³-hybridized carbons (Fsp3) is 0.200. The smallest absolute Gasteiger partial charge is 0.143 e. The predicted octanol–water partition coefficient (Wildman–Crippen LogP) is 3.19. The van der Waals surface area contributed by atoms with Gasteiger partial charge in [0.2, 0.25) is 0 Å². The lowest BCUT2D eigenvalue weighted by atomic mass is 10.2. The number of nitrogens with one attached hydrogen (secondary N) is 2. The van der Waals surface area contributed by atoms with Gasteiger partial charge in [-0.2, -0.15) is 0 Å². The van der Waals surface area contributed by atoms with E-state index in [1.807, 2.05) is 32.0 Å². The number of nitrogens with zero attached hydrogens (tertiary/aromatic N) is 2. The largest absolute Gasteiger partial charge is 0.365 e. The first-order valence-electron chi connectivity index (χ1n) is 6.34. The van der Waals surface area contributed by atoms with Gasteiger partial charge in [-0.1, -0.05) is 30.3 Å². The third-order valence-corrected chi connectivity index (χ3v) is 3.04.